The van der Waals surface area contributed by atoms with Crippen molar-refractivity contribution in [1.29, 1.82) is 0 Å². The lowest BCUT2D eigenvalue weighted by atomic mass is 9.78. The largest absolute Gasteiger partial charge is 0.341 e. The Hall–Kier alpha value is -1.98. The van der Waals surface area contributed by atoms with Crippen molar-refractivity contribution < 1.29 is 18.4 Å². The van der Waals surface area contributed by atoms with E-state index in [1.54, 1.807) is 4.90 Å². The van der Waals surface area contributed by atoms with Crippen LogP contribution in [-0.4, -0.2) is 41.2 Å². The van der Waals surface area contributed by atoms with Gasteiger partial charge >= 0.3 is 0 Å². The second-order valence-electron chi connectivity index (χ2n) is 7.96. The van der Waals surface area contributed by atoms with E-state index in [2.05, 4.69) is 0 Å². The van der Waals surface area contributed by atoms with Crippen LogP contribution in [0.2, 0.25) is 0 Å². The molecule has 1 spiro atoms. The molecule has 0 N–H and O–H groups in total. The van der Waals surface area contributed by atoms with Gasteiger partial charge in [-0.3, -0.25) is 9.59 Å². The van der Waals surface area contributed by atoms with Gasteiger partial charge in [0, 0.05) is 37.7 Å². The highest BCUT2D eigenvalue weighted by atomic mass is 19.2. The van der Waals surface area contributed by atoms with Gasteiger partial charge in [-0.25, -0.2) is 8.78 Å². The van der Waals surface area contributed by atoms with Gasteiger partial charge in [0.2, 0.25) is 11.8 Å². The maximum Gasteiger partial charge on any atom is 0.230 e. The Labute approximate surface area is 152 Å². The molecule has 2 amide bonds. The summed E-state index contributed by atoms with van der Waals surface area (Å²) in [5, 5.41) is 0. The van der Waals surface area contributed by atoms with E-state index < -0.39 is 17.0 Å². The number of nitrogens with zero attached hydrogens (tertiary/aromatic N) is 2. The van der Waals surface area contributed by atoms with Crippen LogP contribution < -0.4 is 0 Å². The van der Waals surface area contributed by atoms with Crippen molar-refractivity contribution in [2.45, 2.75) is 45.1 Å². The first-order chi connectivity index (χ1) is 12.5. The summed E-state index contributed by atoms with van der Waals surface area (Å²) < 4.78 is 27.4. The van der Waals surface area contributed by atoms with Crippen molar-refractivity contribution in [2.75, 3.05) is 19.6 Å². The quantitative estimate of drug-likeness (QED) is 0.829. The summed E-state index contributed by atoms with van der Waals surface area (Å²) in [6, 6.07) is 4.07. The summed E-state index contributed by atoms with van der Waals surface area (Å²) in [7, 11) is 0. The molecule has 1 aromatic rings. The normalized spacial score (nSPS) is 26.5. The highest BCUT2D eigenvalue weighted by Crippen LogP contribution is 2.42. The van der Waals surface area contributed by atoms with Gasteiger partial charge in [0.25, 0.3) is 0 Å². The van der Waals surface area contributed by atoms with Gasteiger partial charge in [0.1, 0.15) is 0 Å². The van der Waals surface area contributed by atoms with Crippen molar-refractivity contribution in [3.8, 4) is 0 Å². The Morgan fingerprint density at radius 2 is 1.96 bits per heavy atom. The van der Waals surface area contributed by atoms with Crippen LogP contribution in [0.15, 0.2) is 18.2 Å². The Balaban J connectivity index is 1.48. The van der Waals surface area contributed by atoms with Crippen LogP contribution in [0.1, 0.15) is 44.1 Å². The highest BCUT2D eigenvalue weighted by molar-refractivity contribution is 5.86. The number of rotatable bonds is 3. The molecule has 0 unspecified atom stereocenters. The molecule has 3 aliphatic rings. The maximum atomic E-state index is 14.0. The molecule has 1 saturated carbocycles. The third kappa shape index (κ3) is 2.89. The summed E-state index contributed by atoms with van der Waals surface area (Å²) >= 11 is 0. The highest BCUT2D eigenvalue weighted by Gasteiger charge is 2.50. The molecule has 4 nitrogen and oxygen atoms in total. The summed E-state index contributed by atoms with van der Waals surface area (Å²) in [4.78, 5) is 29.2. The molecule has 2 saturated heterocycles. The Morgan fingerprint density at radius 3 is 2.69 bits per heavy atom. The van der Waals surface area contributed by atoms with Gasteiger partial charge in [-0.2, -0.15) is 0 Å². The van der Waals surface area contributed by atoms with Crippen molar-refractivity contribution in [2.24, 2.45) is 11.3 Å². The average molecular weight is 362 g/mol. The number of carbonyl (C=O) groups is 2. The predicted octanol–water partition coefficient (Wildman–Crippen LogP) is 3.11. The van der Waals surface area contributed by atoms with Crippen LogP contribution in [0, 0.1) is 23.0 Å². The summed E-state index contributed by atoms with van der Waals surface area (Å²) in [5.74, 6) is -1.46. The smallest absolute Gasteiger partial charge is 0.230 e. The fourth-order valence-electron chi connectivity index (χ4n) is 4.53. The molecule has 2 aliphatic heterocycles. The van der Waals surface area contributed by atoms with Gasteiger partial charge in [0.15, 0.2) is 11.6 Å². The van der Waals surface area contributed by atoms with Crippen LogP contribution in [0.5, 0.6) is 0 Å². The van der Waals surface area contributed by atoms with E-state index in [1.165, 1.54) is 12.1 Å². The number of carbonyl (C=O) groups excluding carboxylic acids is 2. The lowest BCUT2D eigenvalue weighted by molar-refractivity contribution is -0.147. The first-order valence-electron chi connectivity index (χ1n) is 9.51. The monoisotopic (exact) mass is 362 g/mol. The van der Waals surface area contributed by atoms with Gasteiger partial charge in [-0.1, -0.05) is 18.6 Å². The first-order valence-corrected chi connectivity index (χ1v) is 9.51. The Bertz CT molecular complexity index is 735. The van der Waals surface area contributed by atoms with E-state index in [4.69, 9.17) is 0 Å². The molecule has 0 radical (unpaired) electrons. The van der Waals surface area contributed by atoms with E-state index >= 15 is 0 Å². The number of benzene rings is 1. The van der Waals surface area contributed by atoms with Crippen LogP contribution in [0.3, 0.4) is 0 Å². The Morgan fingerprint density at radius 1 is 1.15 bits per heavy atom. The fourth-order valence-corrected chi connectivity index (χ4v) is 4.53. The molecule has 1 aromatic carbocycles. The zero-order chi connectivity index (χ0) is 18.3. The van der Waals surface area contributed by atoms with Gasteiger partial charge < -0.3 is 9.80 Å². The third-order valence-electron chi connectivity index (χ3n) is 6.34. The van der Waals surface area contributed by atoms with Crippen molar-refractivity contribution in [1.82, 2.24) is 9.80 Å². The molecule has 3 fully saturated rings. The van der Waals surface area contributed by atoms with Crippen LogP contribution in [0.4, 0.5) is 8.78 Å². The van der Waals surface area contributed by atoms with E-state index in [9.17, 15) is 18.4 Å². The number of halogens is 2. The average Bonchev–Trinajstić information content (AvgIpc) is 3.00. The zero-order valence-electron chi connectivity index (χ0n) is 14.8. The first kappa shape index (κ1) is 17.4. The molecule has 6 heteroatoms. The standard InChI is InChI=1S/C20H24F2N2O2/c21-16-7-2-6-15(17(16)22)12-23-10-3-8-20(19(23)26)9-11-24(13-20)18(25)14-4-1-5-14/h2,6-7,14H,1,3-5,8-13H2/t20-/m0/s1. The lowest BCUT2D eigenvalue weighted by Crippen LogP contribution is -2.50. The van der Waals surface area contributed by atoms with Gasteiger partial charge in [0.05, 0.1) is 5.41 Å². The van der Waals surface area contributed by atoms with E-state index in [1.807, 2.05) is 4.90 Å². The number of hydrogen-bond donors (Lipinski definition) is 0. The number of amides is 2. The molecule has 2 heterocycles. The topological polar surface area (TPSA) is 40.6 Å². The minimum Gasteiger partial charge on any atom is -0.341 e. The van der Waals surface area contributed by atoms with Crippen LogP contribution in [-0.2, 0) is 16.1 Å². The van der Waals surface area contributed by atoms with E-state index in [0.717, 1.165) is 38.2 Å². The van der Waals surface area contributed by atoms with E-state index in [-0.39, 0.29) is 29.8 Å². The molecule has 0 aromatic heterocycles. The Kier molecular flexibility index (Phi) is 4.45. The number of hydrogen-bond acceptors (Lipinski definition) is 2. The van der Waals surface area contributed by atoms with Crippen LogP contribution in [0.25, 0.3) is 0 Å². The molecule has 4 rings (SSSR count). The second kappa shape index (κ2) is 6.63. The van der Waals surface area contributed by atoms with Crippen LogP contribution >= 0.6 is 0 Å². The summed E-state index contributed by atoms with van der Waals surface area (Å²) in [6.07, 6.45) is 5.30. The molecule has 0 bridgehead atoms. The van der Waals surface area contributed by atoms with Crippen molar-refractivity contribution >= 4 is 11.8 Å². The van der Waals surface area contributed by atoms with Crippen molar-refractivity contribution in [3.05, 3.63) is 35.4 Å². The minimum atomic E-state index is -0.889. The molecular formula is C20H24F2N2O2. The lowest BCUT2D eigenvalue weighted by Gasteiger charge is -2.39. The molecular weight excluding hydrogens is 338 g/mol. The second-order valence-corrected chi connectivity index (χ2v) is 7.96. The minimum absolute atomic E-state index is 0.0173. The van der Waals surface area contributed by atoms with E-state index in [0.29, 0.717) is 26.1 Å². The number of likely N-dealkylation sites (tertiary alicyclic amines) is 2. The molecule has 1 atom stereocenters. The number of piperidine rings is 1. The van der Waals surface area contributed by atoms with Gasteiger partial charge in [-0.15, -0.1) is 0 Å². The van der Waals surface area contributed by atoms with Gasteiger partial charge in [-0.05, 0) is 38.2 Å². The zero-order valence-corrected chi connectivity index (χ0v) is 14.8. The third-order valence-corrected chi connectivity index (χ3v) is 6.34. The summed E-state index contributed by atoms with van der Waals surface area (Å²) in [6.45, 7) is 1.74. The SMILES string of the molecule is O=C(C1CCC1)N1CC[C@@]2(CCCN(Cc3cccc(F)c3F)C2=O)C1. The molecule has 1 aliphatic carbocycles. The predicted molar refractivity (Wildman–Crippen MR) is 92.0 cm³/mol. The summed E-state index contributed by atoms with van der Waals surface area (Å²) in [5.41, 5.74) is -0.336. The fraction of sp³-hybridized carbons (Fsp3) is 0.600. The molecule has 140 valence electrons. The molecule has 26 heavy (non-hydrogen) atoms. The van der Waals surface area contributed by atoms with Crippen molar-refractivity contribution in [3.63, 3.8) is 0 Å². The maximum absolute atomic E-state index is 14.0.